The first-order valence-corrected chi connectivity index (χ1v) is 9.64. The first kappa shape index (κ1) is 19.1. The first-order valence-electron chi connectivity index (χ1n) is 9.64. The maximum Gasteiger partial charge on any atom is 0.251 e. The Hall–Kier alpha value is -1.63. The highest BCUT2D eigenvalue weighted by Gasteiger charge is 2.32. The van der Waals surface area contributed by atoms with Crippen LogP contribution in [0.4, 0.5) is 0 Å². The van der Waals surface area contributed by atoms with Crippen LogP contribution >= 0.6 is 0 Å². The number of benzene rings is 1. The van der Waals surface area contributed by atoms with Crippen molar-refractivity contribution >= 4 is 5.91 Å². The second-order valence-corrected chi connectivity index (χ2v) is 7.20. The van der Waals surface area contributed by atoms with Crippen LogP contribution in [0.3, 0.4) is 0 Å². The molecule has 1 heterocycles. The van der Waals surface area contributed by atoms with Crippen LogP contribution in [0, 0.1) is 0 Å². The van der Waals surface area contributed by atoms with Gasteiger partial charge in [0, 0.05) is 19.2 Å². The summed E-state index contributed by atoms with van der Waals surface area (Å²) in [7, 11) is 1.60. The lowest BCUT2D eigenvalue weighted by atomic mass is 9.89. The average molecular weight is 362 g/mol. The minimum absolute atomic E-state index is 0.172. The molecule has 2 aliphatic rings. The maximum atomic E-state index is 12.4. The van der Waals surface area contributed by atoms with E-state index in [1.165, 1.54) is 25.9 Å². The Bertz CT molecular complexity index is 572. The van der Waals surface area contributed by atoms with Gasteiger partial charge in [0.2, 0.25) is 0 Å². The van der Waals surface area contributed by atoms with Crippen molar-refractivity contribution in [2.45, 2.75) is 50.4 Å². The number of hydrogen-bond acceptors (Lipinski definition) is 5. The van der Waals surface area contributed by atoms with E-state index in [1.54, 1.807) is 19.2 Å². The number of nitrogens with zero attached hydrogens (tertiary/aromatic N) is 1. The van der Waals surface area contributed by atoms with Gasteiger partial charge in [0.1, 0.15) is 18.5 Å². The van der Waals surface area contributed by atoms with Crippen LogP contribution in [0.25, 0.3) is 0 Å². The molecule has 1 saturated heterocycles. The van der Waals surface area contributed by atoms with Crippen molar-refractivity contribution in [3.63, 3.8) is 0 Å². The fourth-order valence-electron chi connectivity index (χ4n) is 3.81. The number of amides is 1. The van der Waals surface area contributed by atoms with Crippen LogP contribution in [0.15, 0.2) is 24.3 Å². The van der Waals surface area contributed by atoms with E-state index in [9.17, 15) is 9.90 Å². The van der Waals surface area contributed by atoms with Gasteiger partial charge in [-0.05, 0) is 69.5 Å². The summed E-state index contributed by atoms with van der Waals surface area (Å²) in [5, 5.41) is 13.2. The number of nitrogens with one attached hydrogen (secondary N) is 1. The number of likely N-dealkylation sites (tertiary alicyclic amines) is 1. The molecule has 6 nitrogen and oxygen atoms in total. The van der Waals surface area contributed by atoms with Crippen molar-refractivity contribution in [1.82, 2.24) is 10.2 Å². The van der Waals surface area contributed by atoms with Gasteiger partial charge in [-0.2, -0.15) is 0 Å². The molecule has 0 spiro atoms. The Kier molecular flexibility index (Phi) is 6.88. The molecule has 1 amide bonds. The van der Waals surface area contributed by atoms with E-state index in [2.05, 4.69) is 10.2 Å². The SMILES string of the molecule is CO[C@@H]1CCC[C@@H](NC(=O)c2ccc(OCCN3CCCC3)cc2)[C@H]1O. The third kappa shape index (κ3) is 4.96. The van der Waals surface area contributed by atoms with Crippen LogP contribution < -0.4 is 10.1 Å². The summed E-state index contributed by atoms with van der Waals surface area (Å²) in [6.07, 6.45) is 4.23. The summed E-state index contributed by atoms with van der Waals surface area (Å²) >= 11 is 0. The van der Waals surface area contributed by atoms with Gasteiger partial charge in [-0.15, -0.1) is 0 Å². The first-order chi connectivity index (χ1) is 12.7. The number of aliphatic hydroxyl groups is 1. The predicted molar refractivity (Wildman–Crippen MR) is 99.5 cm³/mol. The summed E-state index contributed by atoms with van der Waals surface area (Å²) in [5.74, 6) is 0.604. The molecule has 1 saturated carbocycles. The van der Waals surface area contributed by atoms with Crippen LogP contribution in [0.2, 0.25) is 0 Å². The molecule has 26 heavy (non-hydrogen) atoms. The Morgan fingerprint density at radius 2 is 1.92 bits per heavy atom. The molecule has 1 aromatic rings. The van der Waals surface area contributed by atoms with Gasteiger partial charge >= 0.3 is 0 Å². The molecular weight excluding hydrogens is 332 g/mol. The number of rotatable bonds is 7. The van der Waals surface area contributed by atoms with E-state index in [0.29, 0.717) is 12.2 Å². The van der Waals surface area contributed by atoms with E-state index in [-0.39, 0.29) is 18.1 Å². The summed E-state index contributed by atoms with van der Waals surface area (Å²) in [5.41, 5.74) is 0.573. The molecule has 6 heteroatoms. The zero-order valence-corrected chi connectivity index (χ0v) is 15.5. The van der Waals surface area contributed by atoms with Crippen LogP contribution in [-0.4, -0.2) is 67.5 Å². The molecule has 0 aromatic heterocycles. The number of carbonyl (C=O) groups excluding carboxylic acids is 1. The Morgan fingerprint density at radius 3 is 2.62 bits per heavy atom. The Morgan fingerprint density at radius 1 is 1.19 bits per heavy atom. The van der Waals surface area contributed by atoms with Crippen LogP contribution in [-0.2, 0) is 4.74 Å². The van der Waals surface area contributed by atoms with Crippen molar-refractivity contribution in [3.8, 4) is 5.75 Å². The van der Waals surface area contributed by atoms with E-state index in [1.807, 2.05) is 12.1 Å². The molecule has 3 atom stereocenters. The standard InChI is InChI=1S/C20H30N2O4/c1-25-18-6-4-5-17(19(18)23)21-20(24)15-7-9-16(10-8-15)26-14-13-22-11-2-3-12-22/h7-10,17-19,23H,2-6,11-14H2,1H3,(H,21,24)/t17-,18-,19-/m1/s1. The van der Waals surface area contributed by atoms with E-state index in [0.717, 1.165) is 31.6 Å². The molecule has 2 fully saturated rings. The zero-order chi connectivity index (χ0) is 18.4. The van der Waals surface area contributed by atoms with Gasteiger partial charge in [-0.3, -0.25) is 9.69 Å². The number of ether oxygens (including phenoxy) is 2. The van der Waals surface area contributed by atoms with Crippen LogP contribution in [0.1, 0.15) is 42.5 Å². The van der Waals surface area contributed by atoms with E-state index < -0.39 is 6.10 Å². The molecule has 1 aliphatic carbocycles. The van der Waals surface area contributed by atoms with Gasteiger partial charge in [0.25, 0.3) is 5.91 Å². The predicted octanol–water partition coefficient (Wildman–Crippen LogP) is 1.82. The van der Waals surface area contributed by atoms with Gasteiger partial charge in [0.15, 0.2) is 0 Å². The van der Waals surface area contributed by atoms with E-state index in [4.69, 9.17) is 9.47 Å². The lowest BCUT2D eigenvalue weighted by Gasteiger charge is -2.34. The molecule has 0 radical (unpaired) electrons. The van der Waals surface area contributed by atoms with Gasteiger partial charge in [0.05, 0.1) is 12.1 Å². The van der Waals surface area contributed by atoms with Crippen LogP contribution in [0.5, 0.6) is 5.75 Å². The number of carbonyl (C=O) groups is 1. The monoisotopic (exact) mass is 362 g/mol. The smallest absolute Gasteiger partial charge is 0.251 e. The van der Waals surface area contributed by atoms with E-state index >= 15 is 0 Å². The maximum absolute atomic E-state index is 12.4. The minimum Gasteiger partial charge on any atom is -0.492 e. The number of methoxy groups -OCH3 is 1. The highest BCUT2D eigenvalue weighted by atomic mass is 16.5. The topological polar surface area (TPSA) is 71.0 Å². The molecule has 0 unspecified atom stereocenters. The minimum atomic E-state index is -0.661. The molecule has 0 bridgehead atoms. The normalized spacial score (nSPS) is 26.6. The second kappa shape index (κ2) is 9.35. The third-order valence-corrected chi connectivity index (χ3v) is 5.41. The Labute approximate surface area is 155 Å². The van der Waals surface area contributed by atoms with Crippen molar-refractivity contribution in [3.05, 3.63) is 29.8 Å². The highest BCUT2D eigenvalue weighted by molar-refractivity contribution is 5.94. The van der Waals surface area contributed by atoms with Crippen molar-refractivity contribution in [1.29, 1.82) is 0 Å². The fraction of sp³-hybridized carbons (Fsp3) is 0.650. The summed E-state index contributed by atoms with van der Waals surface area (Å²) in [6, 6.07) is 6.92. The quantitative estimate of drug-likeness (QED) is 0.774. The largest absolute Gasteiger partial charge is 0.492 e. The zero-order valence-electron chi connectivity index (χ0n) is 15.5. The average Bonchev–Trinajstić information content (AvgIpc) is 3.17. The van der Waals surface area contributed by atoms with Crippen molar-refractivity contribution in [2.24, 2.45) is 0 Å². The molecule has 144 valence electrons. The number of hydrogen-bond donors (Lipinski definition) is 2. The molecule has 1 aliphatic heterocycles. The highest BCUT2D eigenvalue weighted by Crippen LogP contribution is 2.22. The molecule has 2 N–H and O–H groups in total. The lowest BCUT2D eigenvalue weighted by Crippen LogP contribution is -2.51. The lowest BCUT2D eigenvalue weighted by molar-refractivity contribution is -0.0513. The molecule has 3 rings (SSSR count). The molecule has 1 aromatic carbocycles. The summed E-state index contributed by atoms with van der Waals surface area (Å²) in [6.45, 7) is 3.94. The van der Waals surface area contributed by atoms with Crippen molar-refractivity contribution < 1.29 is 19.4 Å². The second-order valence-electron chi connectivity index (χ2n) is 7.20. The van der Waals surface area contributed by atoms with Gasteiger partial charge < -0.3 is 19.9 Å². The molecular formula is C20H30N2O4. The van der Waals surface area contributed by atoms with Crippen molar-refractivity contribution in [2.75, 3.05) is 33.4 Å². The Balaban J connectivity index is 1.47. The summed E-state index contributed by atoms with van der Waals surface area (Å²) in [4.78, 5) is 14.8. The van der Waals surface area contributed by atoms with Gasteiger partial charge in [-0.25, -0.2) is 0 Å². The van der Waals surface area contributed by atoms with Gasteiger partial charge in [-0.1, -0.05) is 0 Å². The fourth-order valence-corrected chi connectivity index (χ4v) is 3.81. The third-order valence-electron chi connectivity index (χ3n) is 5.41. The summed E-state index contributed by atoms with van der Waals surface area (Å²) < 4.78 is 11.1. The number of aliphatic hydroxyl groups excluding tert-OH is 1.